The Kier molecular flexibility index (Phi) is 18.8. The Bertz CT molecular complexity index is 779. The molecule has 0 saturated heterocycles. The first kappa shape index (κ1) is 33.4. The average molecular weight is 543 g/mol. The second kappa shape index (κ2) is 21.3. The number of carbonyl (C=O) groups is 2. The molecule has 2 amide bonds. The summed E-state index contributed by atoms with van der Waals surface area (Å²) >= 11 is 0. The predicted octanol–water partition coefficient (Wildman–Crippen LogP) is 5.32. The van der Waals surface area contributed by atoms with Crippen molar-refractivity contribution in [2.45, 2.75) is 71.5 Å². The number of methoxy groups -OCH3 is 1. The van der Waals surface area contributed by atoms with Crippen LogP contribution in [0, 0.1) is 0 Å². The molecule has 3 N–H and O–H groups in total. The zero-order chi connectivity index (χ0) is 28.0. The van der Waals surface area contributed by atoms with Gasteiger partial charge in [0.25, 0.3) is 0 Å². The van der Waals surface area contributed by atoms with Gasteiger partial charge in [-0.1, -0.05) is 40.0 Å². The van der Waals surface area contributed by atoms with Crippen molar-refractivity contribution in [1.29, 1.82) is 0 Å². The minimum Gasteiger partial charge on any atom is -0.506 e. The topological polar surface area (TPSA) is 134 Å². The molecule has 0 bridgehead atoms. The third kappa shape index (κ3) is 15.6. The second-order valence-electron chi connectivity index (χ2n) is 8.76. The number of unbranched alkanes of at least 4 members (excludes halogenated alkanes) is 3. The average Bonchev–Trinajstić information content (AvgIpc) is 2.90. The van der Waals surface area contributed by atoms with Crippen molar-refractivity contribution < 1.29 is 43.1 Å². The first-order valence-electron chi connectivity index (χ1n) is 13.4. The summed E-state index contributed by atoms with van der Waals surface area (Å²) in [7, 11) is 1.54. The van der Waals surface area contributed by atoms with Crippen LogP contribution in [0.4, 0.5) is 21.0 Å². The largest absolute Gasteiger partial charge is 0.506 e. The number of carbonyl (C=O) groups excluding carboxylic acids is 2. The fourth-order valence-corrected chi connectivity index (χ4v) is 3.08. The van der Waals surface area contributed by atoms with Crippen LogP contribution in [0.2, 0.25) is 0 Å². The number of amides is 2. The van der Waals surface area contributed by atoms with Gasteiger partial charge in [0.15, 0.2) is 0 Å². The first-order valence-corrected chi connectivity index (χ1v) is 13.4. The van der Waals surface area contributed by atoms with Crippen LogP contribution in [-0.2, 0) is 28.4 Å². The molecule has 1 aromatic rings. The highest BCUT2D eigenvalue weighted by molar-refractivity contribution is 5.90. The summed E-state index contributed by atoms with van der Waals surface area (Å²) < 4.78 is 32.7. The summed E-state index contributed by atoms with van der Waals surface area (Å²) in [5.41, 5.74) is 0.374. The van der Waals surface area contributed by atoms with Crippen molar-refractivity contribution in [3.8, 4) is 5.75 Å². The maximum absolute atomic E-state index is 12.4. The number of ether oxygens (including phenoxy) is 6. The van der Waals surface area contributed by atoms with Gasteiger partial charge in [-0.05, 0) is 37.5 Å². The molecule has 0 heterocycles. The lowest BCUT2D eigenvalue weighted by Crippen LogP contribution is -2.29. The fraction of sp³-hybridized carbons (Fsp3) is 0.704. The SMILES string of the molecule is CCCCOCC(COC(=O)Nc1ccc(O)c(NC(=O)OCC(COC)OCCCC)c1)OCCCC. The van der Waals surface area contributed by atoms with Crippen molar-refractivity contribution >= 4 is 23.6 Å². The number of benzene rings is 1. The lowest BCUT2D eigenvalue weighted by Gasteiger charge is -2.18. The maximum atomic E-state index is 12.4. The summed E-state index contributed by atoms with van der Waals surface area (Å²) in [5, 5.41) is 15.2. The number of phenols is 1. The van der Waals surface area contributed by atoms with Crippen LogP contribution < -0.4 is 10.6 Å². The molecule has 2 unspecified atom stereocenters. The number of anilines is 2. The van der Waals surface area contributed by atoms with Gasteiger partial charge < -0.3 is 33.5 Å². The Hall–Kier alpha value is -2.60. The quantitative estimate of drug-likeness (QED) is 0.107. The number of aromatic hydroxyl groups is 1. The summed E-state index contributed by atoms with van der Waals surface area (Å²) in [5.74, 6) is -0.192. The van der Waals surface area contributed by atoms with E-state index in [1.165, 1.54) is 18.2 Å². The van der Waals surface area contributed by atoms with E-state index in [2.05, 4.69) is 31.4 Å². The molecule has 1 rings (SSSR count). The fourth-order valence-electron chi connectivity index (χ4n) is 3.08. The summed E-state index contributed by atoms with van der Waals surface area (Å²) in [6.07, 6.45) is 3.50. The van der Waals surface area contributed by atoms with Gasteiger partial charge in [0.1, 0.15) is 31.2 Å². The van der Waals surface area contributed by atoms with Gasteiger partial charge in [-0.25, -0.2) is 9.59 Å². The summed E-state index contributed by atoms with van der Waals surface area (Å²) in [4.78, 5) is 24.6. The van der Waals surface area contributed by atoms with Gasteiger partial charge in [0.2, 0.25) is 0 Å². The summed E-state index contributed by atoms with van der Waals surface area (Å²) in [6, 6.07) is 4.21. The molecule has 0 aromatic heterocycles. The highest BCUT2D eigenvalue weighted by atomic mass is 16.6. The summed E-state index contributed by atoms with van der Waals surface area (Å²) in [6.45, 7) is 8.56. The molecule has 38 heavy (non-hydrogen) atoms. The minimum absolute atomic E-state index is 0.0158. The minimum atomic E-state index is -0.782. The van der Waals surface area contributed by atoms with Crippen molar-refractivity contribution in [2.24, 2.45) is 0 Å². The lowest BCUT2D eigenvalue weighted by atomic mass is 10.2. The molecule has 0 aliphatic heterocycles. The Morgan fingerprint density at radius 1 is 0.789 bits per heavy atom. The van der Waals surface area contributed by atoms with E-state index >= 15 is 0 Å². The lowest BCUT2D eigenvalue weighted by molar-refractivity contribution is -0.0450. The van der Waals surface area contributed by atoms with Crippen LogP contribution in [0.25, 0.3) is 0 Å². The van der Waals surface area contributed by atoms with Gasteiger partial charge >= 0.3 is 12.2 Å². The molecular weight excluding hydrogens is 496 g/mol. The van der Waals surface area contributed by atoms with E-state index in [1.807, 2.05) is 0 Å². The van der Waals surface area contributed by atoms with Gasteiger partial charge in [-0.3, -0.25) is 10.6 Å². The highest BCUT2D eigenvalue weighted by Gasteiger charge is 2.16. The van der Waals surface area contributed by atoms with Crippen molar-refractivity contribution in [1.82, 2.24) is 0 Å². The standard InChI is InChI=1S/C27H46N2O9/c1-5-8-13-34-18-23(36-15-10-7-3)20-37-26(31)28-21-11-12-25(30)24(16-21)29-27(32)38-19-22(17-33-4)35-14-9-6-2/h11-12,16,22-23,30H,5-10,13-15,17-20H2,1-4H3,(H,28,31)(H,29,32). The molecule has 0 spiro atoms. The Morgan fingerprint density at radius 2 is 1.34 bits per heavy atom. The van der Waals surface area contributed by atoms with Crippen LogP contribution in [0.15, 0.2) is 18.2 Å². The number of hydrogen-bond donors (Lipinski definition) is 3. The van der Waals surface area contributed by atoms with Crippen molar-refractivity contribution in [3.63, 3.8) is 0 Å². The smallest absolute Gasteiger partial charge is 0.411 e. The number of phenolic OH excluding ortho intramolecular Hbond substituents is 1. The van der Waals surface area contributed by atoms with E-state index in [4.69, 9.17) is 28.4 Å². The van der Waals surface area contributed by atoms with Crippen molar-refractivity contribution in [3.05, 3.63) is 18.2 Å². The normalized spacial score (nSPS) is 12.5. The molecule has 0 aliphatic rings. The van der Waals surface area contributed by atoms with E-state index in [9.17, 15) is 14.7 Å². The second-order valence-corrected chi connectivity index (χ2v) is 8.76. The first-order chi connectivity index (χ1) is 18.4. The maximum Gasteiger partial charge on any atom is 0.411 e. The van der Waals surface area contributed by atoms with Crippen LogP contribution in [0.3, 0.4) is 0 Å². The van der Waals surface area contributed by atoms with Gasteiger partial charge in [-0.2, -0.15) is 0 Å². The molecule has 0 fully saturated rings. The Balaban J connectivity index is 2.58. The van der Waals surface area contributed by atoms with E-state index in [1.54, 1.807) is 7.11 Å². The molecule has 11 nitrogen and oxygen atoms in total. The van der Waals surface area contributed by atoms with Gasteiger partial charge in [0.05, 0.1) is 18.9 Å². The number of rotatable bonds is 21. The molecule has 1 aromatic carbocycles. The van der Waals surface area contributed by atoms with Gasteiger partial charge in [0, 0.05) is 32.6 Å². The monoisotopic (exact) mass is 542 g/mol. The predicted molar refractivity (Wildman–Crippen MR) is 145 cm³/mol. The zero-order valence-corrected chi connectivity index (χ0v) is 23.3. The molecule has 11 heteroatoms. The van der Waals surface area contributed by atoms with Crippen LogP contribution in [0.5, 0.6) is 5.75 Å². The number of hydrogen-bond acceptors (Lipinski definition) is 9. The Morgan fingerprint density at radius 3 is 1.92 bits per heavy atom. The third-order valence-corrected chi connectivity index (χ3v) is 5.28. The molecule has 0 radical (unpaired) electrons. The molecule has 2 atom stereocenters. The van der Waals surface area contributed by atoms with Crippen LogP contribution in [-0.4, -0.2) is 82.9 Å². The molecule has 0 aliphatic carbocycles. The van der Waals surface area contributed by atoms with E-state index in [0.29, 0.717) is 32.1 Å². The third-order valence-electron chi connectivity index (χ3n) is 5.28. The van der Waals surface area contributed by atoms with Crippen molar-refractivity contribution in [2.75, 3.05) is 64.0 Å². The number of nitrogens with one attached hydrogen (secondary N) is 2. The van der Waals surface area contributed by atoms with Crippen LogP contribution in [0.1, 0.15) is 59.3 Å². The van der Waals surface area contributed by atoms with E-state index in [0.717, 1.165) is 38.5 Å². The molecule has 0 saturated carbocycles. The molecular formula is C27H46N2O9. The van der Waals surface area contributed by atoms with E-state index in [-0.39, 0.29) is 37.4 Å². The zero-order valence-electron chi connectivity index (χ0n) is 23.3. The van der Waals surface area contributed by atoms with Gasteiger partial charge in [-0.15, -0.1) is 0 Å². The Labute approximate surface area is 226 Å². The molecule has 218 valence electrons. The van der Waals surface area contributed by atoms with Crippen LogP contribution >= 0.6 is 0 Å². The highest BCUT2D eigenvalue weighted by Crippen LogP contribution is 2.27. The van der Waals surface area contributed by atoms with E-state index < -0.39 is 18.3 Å².